The Labute approximate surface area is 130 Å². The molecule has 0 aromatic heterocycles. The lowest BCUT2D eigenvalue weighted by atomic mass is 9.92. The number of nitrogens with one attached hydrogen (secondary N) is 1. The van der Waals surface area contributed by atoms with E-state index in [1.807, 2.05) is 24.3 Å². The van der Waals surface area contributed by atoms with E-state index in [2.05, 4.69) is 17.4 Å². The van der Waals surface area contributed by atoms with Gasteiger partial charge in [-0.1, -0.05) is 12.1 Å². The highest BCUT2D eigenvalue weighted by atomic mass is 16.5. The molecule has 1 atom stereocenters. The Bertz CT molecular complexity index is 679. The molecule has 114 valence electrons. The molecule has 1 unspecified atom stereocenters. The fraction of sp³-hybridized carbons (Fsp3) is 0.278. The number of rotatable bonds is 3. The van der Waals surface area contributed by atoms with E-state index in [1.54, 1.807) is 13.2 Å². The molecule has 0 bridgehead atoms. The van der Waals surface area contributed by atoms with Crippen LogP contribution in [-0.2, 0) is 11.2 Å². The molecule has 1 heterocycles. The Morgan fingerprint density at radius 3 is 2.59 bits per heavy atom. The van der Waals surface area contributed by atoms with E-state index in [9.17, 15) is 4.79 Å². The molecule has 0 saturated carbocycles. The number of fused-ring (bicyclic) bond motifs is 1. The number of aryl methyl sites for hydroxylation is 1. The largest absolute Gasteiger partial charge is 0.497 e. The van der Waals surface area contributed by atoms with Crippen molar-refractivity contribution in [2.45, 2.75) is 18.9 Å². The molecule has 2 aromatic carbocycles. The first-order chi connectivity index (χ1) is 10.7. The fourth-order valence-corrected chi connectivity index (χ4v) is 2.83. The molecular formula is C18H19NO3. The minimum atomic E-state index is -0.292. The van der Waals surface area contributed by atoms with Crippen LogP contribution >= 0.6 is 0 Å². The summed E-state index contributed by atoms with van der Waals surface area (Å²) in [4.78, 5) is 11.6. The van der Waals surface area contributed by atoms with E-state index in [0.29, 0.717) is 5.56 Å². The highest BCUT2D eigenvalue weighted by Crippen LogP contribution is 2.33. The lowest BCUT2D eigenvalue weighted by molar-refractivity contribution is 0.0600. The van der Waals surface area contributed by atoms with E-state index >= 15 is 0 Å². The van der Waals surface area contributed by atoms with E-state index in [1.165, 1.54) is 12.7 Å². The molecule has 0 aliphatic carbocycles. The van der Waals surface area contributed by atoms with Crippen LogP contribution < -0.4 is 10.1 Å². The normalized spacial score (nSPS) is 16.4. The fourth-order valence-electron chi connectivity index (χ4n) is 2.83. The summed E-state index contributed by atoms with van der Waals surface area (Å²) in [5.41, 5.74) is 4.09. The summed E-state index contributed by atoms with van der Waals surface area (Å²) in [6, 6.07) is 14.1. The lowest BCUT2D eigenvalue weighted by Gasteiger charge is -2.27. The van der Waals surface area contributed by atoms with Crippen molar-refractivity contribution in [2.75, 3.05) is 19.5 Å². The first-order valence-corrected chi connectivity index (χ1v) is 7.33. The van der Waals surface area contributed by atoms with Crippen LogP contribution in [0.5, 0.6) is 5.75 Å². The summed E-state index contributed by atoms with van der Waals surface area (Å²) in [6.07, 6.45) is 1.92. The van der Waals surface area contributed by atoms with Gasteiger partial charge in [0.2, 0.25) is 0 Å². The second-order valence-electron chi connectivity index (χ2n) is 5.37. The molecule has 0 radical (unpaired) electrons. The number of carbonyl (C=O) groups excluding carboxylic acids is 1. The zero-order valence-corrected chi connectivity index (χ0v) is 12.8. The highest BCUT2D eigenvalue weighted by Gasteiger charge is 2.20. The number of ether oxygens (including phenoxy) is 2. The van der Waals surface area contributed by atoms with Gasteiger partial charge in [0, 0.05) is 5.69 Å². The van der Waals surface area contributed by atoms with Gasteiger partial charge >= 0.3 is 5.97 Å². The monoisotopic (exact) mass is 297 g/mol. The SMILES string of the molecule is COC(=O)c1ccc2c(c1)CCC(c1ccc(OC)cc1)N2. The zero-order chi connectivity index (χ0) is 15.5. The van der Waals surface area contributed by atoms with Crippen LogP contribution in [0.4, 0.5) is 5.69 Å². The van der Waals surface area contributed by atoms with Crippen molar-refractivity contribution < 1.29 is 14.3 Å². The van der Waals surface area contributed by atoms with Crippen molar-refractivity contribution >= 4 is 11.7 Å². The molecule has 0 fully saturated rings. The van der Waals surface area contributed by atoms with Crippen molar-refractivity contribution in [3.05, 3.63) is 59.2 Å². The topological polar surface area (TPSA) is 47.6 Å². The van der Waals surface area contributed by atoms with Crippen LogP contribution in [-0.4, -0.2) is 20.2 Å². The van der Waals surface area contributed by atoms with Gasteiger partial charge in [-0.15, -0.1) is 0 Å². The Hall–Kier alpha value is -2.49. The summed E-state index contributed by atoms with van der Waals surface area (Å²) >= 11 is 0. The molecule has 0 saturated heterocycles. The Balaban J connectivity index is 1.80. The Morgan fingerprint density at radius 1 is 1.14 bits per heavy atom. The van der Waals surface area contributed by atoms with Crippen molar-refractivity contribution in [2.24, 2.45) is 0 Å². The average Bonchev–Trinajstić information content (AvgIpc) is 2.60. The van der Waals surface area contributed by atoms with Crippen LogP contribution in [0.15, 0.2) is 42.5 Å². The minimum absolute atomic E-state index is 0.280. The lowest BCUT2D eigenvalue weighted by Crippen LogP contribution is -2.18. The van der Waals surface area contributed by atoms with Crippen molar-refractivity contribution in [3.8, 4) is 5.75 Å². The average molecular weight is 297 g/mol. The van der Waals surface area contributed by atoms with Crippen LogP contribution in [0.3, 0.4) is 0 Å². The second-order valence-corrected chi connectivity index (χ2v) is 5.37. The third-order valence-corrected chi connectivity index (χ3v) is 4.08. The third kappa shape index (κ3) is 2.77. The predicted molar refractivity (Wildman–Crippen MR) is 85.5 cm³/mol. The molecule has 22 heavy (non-hydrogen) atoms. The van der Waals surface area contributed by atoms with Crippen molar-refractivity contribution in [1.29, 1.82) is 0 Å². The molecule has 0 amide bonds. The van der Waals surface area contributed by atoms with Gasteiger partial charge in [0.1, 0.15) is 5.75 Å². The molecule has 1 aliphatic heterocycles. The molecule has 0 spiro atoms. The smallest absolute Gasteiger partial charge is 0.337 e. The van der Waals surface area contributed by atoms with Crippen molar-refractivity contribution in [1.82, 2.24) is 0 Å². The van der Waals surface area contributed by atoms with Crippen molar-refractivity contribution in [3.63, 3.8) is 0 Å². The molecule has 1 N–H and O–H groups in total. The third-order valence-electron chi connectivity index (χ3n) is 4.08. The van der Waals surface area contributed by atoms with Gasteiger partial charge in [0.15, 0.2) is 0 Å². The quantitative estimate of drug-likeness (QED) is 0.880. The van der Waals surface area contributed by atoms with Crippen LogP contribution in [0.25, 0.3) is 0 Å². The molecule has 4 heteroatoms. The number of hydrogen-bond acceptors (Lipinski definition) is 4. The summed E-state index contributed by atoms with van der Waals surface area (Å²) in [5, 5.41) is 3.54. The Kier molecular flexibility index (Phi) is 4.00. The van der Waals surface area contributed by atoms with Crippen LogP contribution in [0.2, 0.25) is 0 Å². The first kappa shape index (κ1) is 14.4. The van der Waals surface area contributed by atoms with Gasteiger partial charge in [0.05, 0.1) is 25.8 Å². The molecule has 4 nitrogen and oxygen atoms in total. The maximum atomic E-state index is 11.6. The summed E-state index contributed by atoms with van der Waals surface area (Å²) < 4.78 is 9.96. The van der Waals surface area contributed by atoms with Gasteiger partial charge in [0.25, 0.3) is 0 Å². The minimum Gasteiger partial charge on any atom is -0.497 e. The number of hydrogen-bond donors (Lipinski definition) is 1. The molecule has 1 aliphatic rings. The maximum absolute atomic E-state index is 11.6. The summed E-state index contributed by atoms with van der Waals surface area (Å²) in [6.45, 7) is 0. The summed E-state index contributed by atoms with van der Waals surface area (Å²) in [5.74, 6) is 0.572. The van der Waals surface area contributed by atoms with Crippen LogP contribution in [0.1, 0.15) is 33.9 Å². The maximum Gasteiger partial charge on any atom is 0.337 e. The highest BCUT2D eigenvalue weighted by molar-refractivity contribution is 5.90. The van der Waals surface area contributed by atoms with Gasteiger partial charge in [-0.2, -0.15) is 0 Å². The molecule has 2 aromatic rings. The molecule has 3 rings (SSSR count). The van der Waals surface area contributed by atoms with Crippen LogP contribution in [0, 0.1) is 0 Å². The molecular weight excluding hydrogens is 278 g/mol. The Morgan fingerprint density at radius 2 is 1.91 bits per heavy atom. The number of esters is 1. The summed E-state index contributed by atoms with van der Waals surface area (Å²) in [7, 11) is 3.07. The predicted octanol–water partition coefficient (Wildman–Crippen LogP) is 3.58. The van der Waals surface area contributed by atoms with Gasteiger partial charge < -0.3 is 14.8 Å². The number of benzene rings is 2. The number of carbonyl (C=O) groups is 1. The van der Waals surface area contributed by atoms with E-state index in [0.717, 1.165) is 29.8 Å². The second kappa shape index (κ2) is 6.10. The van der Waals surface area contributed by atoms with E-state index in [-0.39, 0.29) is 12.0 Å². The standard InChI is InChI=1S/C18H19NO3/c1-21-15-7-3-12(4-8-15)16-9-5-13-11-14(18(20)22-2)6-10-17(13)19-16/h3-4,6-8,10-11,16,19H,5,9H2,1-2H3. The number of anilines is 1. The van der Waals surface area contributed by atoms with E-state index < -0.39 is 0 Å². The zero-order valence-electron chi connectivity index (χ0n) is 12.8. The van der Waals surface area contributed by atoms with E-state index in [4.69, 9.17) is 9.47 Å². The van der Waals surface area contributed by atoms with Gasteiger partial charge in [-0.05, 0) is 54.3 Å². The van der Waals surface area contributed by atoms with Gasteiger partial charge in [-0.25, -0.2) is 4.79 Å². The number of methoxy groups -OCH3 is 2. The first-order valence-electron chi connectivity index (χ1n) is 7.33. The van der Waals surface area contributed by atoms with Gasteiger partial charge in [-0.3, -0.25) is 0 Å².